The molecular weight excluding hydrogens is 474 g/mol. The summed E-state index contributed by atoms with van der Waals surface area (Å²) in [5, 5.41) is 20.5. The van der Waals surface area contributed by atoms with Crippen LogP contribution in [0.3, 0.4) is 0 Å². The van der Waals surface area contributed by atoms with Crippen molar-refractivity contribution in [3.05, 3.63) is 11.6 Å². The van der Waals surface area contributed by atoms with Gasteiger partial charge < -0.3 is 9.84 Å². The molecule has 1 spiro atoms. The number of nitriles is 1. The molecule has 1 heterocycles. The van der Waals surface area contributed by atoms with Crippen molar-refractivity contribution >= 4 is 11.6 Å². The lowest BCUT2D eigenvalue weighted by Gasteiger charge is -2.72. The zero-order chi connectivity index (χ0) is 28.3. The van der Waals surface area contributed by atoms with Crippen molar-refractivity contribution in [3.8, 4) is 6.07 Å². The van der Waals surface area contributed by atoms with Gasteiger partial charge >= 0.3 is 0 Å². The van der Waals surface area contributed by atoms with Crippen molar-refractivity contribution in [1.82, 2.24) is 0 Å². The van der Waals surface area contributed by atoms with E-state index < -0.39 is 21.8 Å². The summed E-state index contributed by atoms with van der Waals surface area (Å²) in [5.74, 6) is 0.293. The van der Waals surface area contributed by atoms with Crippen LogP contribution >= 0.6 is 0 Å². The van der Waals surface area contributed by atoms with E-state index in [1.165, 1.54) is 0 Å². The van der Waals surface area contributed by atoms with Crippen LogP contribution in [-0.4, -0.2) is 35.0 Å². The number of aliphatic hydroxyl groups is 1. The third-order valence-corrected chi connectivity index (χ3v) is 13.3. The van der Waals surface area contributed by atoms with Gasteiger partial charge in [-0.2, -0.15) is 5.26 Å². The lowest BCUT2D eigenvalue weighted by molar-refractivity contribution is -0.255. The first-order valence-electron chi connectivity index (χ1n) is 14.9. The van der Waals surface area contributed by atoms with Crippen LogP contribution in [0.4, 0.5) is 0 Å². The van der Waals surface area contributed by atoms with Crippen LogP contribution in [0.1, 0.15) is 107 Å². The molecule has 9 atom stereocenters. The van der Waals surface area contributed by atoms with Crippen LogP contribution < -0.4 is 0 Å². The summed E-state index contributed by atoms with van der Waals surface area (Å²) in [5.41, 5.74) is -2.52. The maximum atomic E-state index is 14.9. The Hall–Kier alpha value is -1.51. The predicted molar refractivity (Wildman–Crippen MR) is 147 cm³/mol. The second-order valence-electron chi connectivity index (χ2n) is 16.0. The van der Waals surface area contributed by atoms with Crippen molar-refractivity contribution in [3.63, 3.8) is 0 Å². The number of hydrogen-bond acceptors (Lipinski definition) is 5. The van der Waals surface area contributed by atoms with Crippen molar-refractivity contribution in [2.24, 2.45) is 50.2 Å². The van der Waals surface area contributed by atoms with Gasteiger partial charge in [0.2, 0.25) is 0 Å². The topological polar surface area (TPSA) is 87.4 Å². The Morgan fingerprint density at radius 1 is 1.08 bits per heavy atom. The summed E-state index contributed by atoms with van der Waals surface area (Å²) in [7, 11) is 0. The second-order valence-corrected chi connectivity index (χ2v) is 16.0. The van der Waals surface area contributed by atoms with Gasteiger partial charge in [0.1, 0.15) is 11.7 Å². The number of hydrogen-bond donors (Lipinski definition) is 1. The summed E-state index contributed by atoms with van der Waals surface area (Å²) < 4.78 is 7.06. The Kier molecular flexibility index (Phi) is 5.93. The van der Waals surface area contributed by atoms with Crippen molar-refractivity contribution in [1.29, 1.82) is 5.26 Å². The quantitative estimate of drug-likeness (QED) is 0.460. The first-order chi connectivity index (χ1) is 17.4. The SMILES string of the molecule is CC[C@@]12CC[C@]3(C)[C@](OC1CO)(C(=O)C[C@@H]1[C@@]4(C)C=C(C#N)C(=O)C(C)(C)[C@@H]4CC[C@]13C)C2CC(C)(C)C. The number of ketones is 2. The summed E-state index contributed by atoms with van der Waals surface area (Å²) in [6, 6.07) is 2.21. The summed E-state index contributed by atoms with van der Waals surface area (Å²) in [6.45, 7) is 19.9. The molecular formula is C33H49NO4. The van der Waals surface area contributed by atoms with E-state index in [2.05, 4.69) is 54.5 Å². The van der Waals surface area contributed by atoms with Gasteiger partial charge in [0.15, 0.2) is 11.6 Å². The zero-order valence-electron chi connectivity index (χ0n) is 25.2. The molecule has 210 valence electrons. The van der Waals surface area contributed by atoms with Gasteiger partial charge in [-0.1, -0.05) is 68.4 Å². The molecule has 2 unspecified atom stereocenters. The standard InChI is InChI=1S/C33H49NO4/c1-10-32-14-13-31(9)30(8)12-11-21-28(5,6)26(37)20(18-34)16-29(21,7)22(30)15-24(36)33(31,38-25(32)19-35)23(32)17-27(2,3)4/h16,21-23,25,35H,10-15,17,19H2,1-9H3/t21-,22+,23?,25?,29-,30+,31-,32-,33+/m0/s1. The second kappa shape index (κ2) is 8.03. The lowest BCUT2D eigenvalue weighted by Crippen LogP contribution is -2.74. The van der Waals surface area contributed by atoms with Crippen molar-refractivity contribution in [2.45, 2.75) is 119 Å². The third-order valence-electron chi connectivity index (χ3n) is 13.3. The van der Waals surface area contributed by atoms with Crippen LogP contribution in [0.2, 0.25) is 0 Å². The number of allylic oxidation sites excluding steroid dienone is 2. The van der Waals surface area contributed by atoms with Gasteiger partial charge in [-0.3, -0.25) is 9.59 Å². The fourth-order valence-corrected chi connectivity index (χ4v) is 11.3. The van der Waals surface area contributed by atoms with Crippen LogP contribution in [0.15, 0.2) is 11.6 Å². The van der Waals surface area contributed by atoms with Crippen LogP contribution in [0.25, 0.3) is 0 Å². The highest BCUT2D eigenvalue weighted by Crippen LogP contribution is 2.79. The number of nitrogens with zero attached hydrogens (tertiary/aromatic N) is 1. The van der Waals surface area contributed by atoms with Gasteiger partial charge in [0.05, 0.1) is 18.3 Å². The average molecular weight is 524 g/mol. The van der Waals surface area contributed by atoms with Crippen LogP contribution in [0, 0.1) is 61.6 Å². The summed E-state index contributed by atoms with van der Waals surface area (Å²) >= 11 is 0. The first-order valence-corrected chi connectivity index (χ1v) is 14.9. The third kappa shape index (κ3) is 3.00. The summed E-state index contributed by atoms with van der Waals surface area (Å²) in [4.78, 5) is 28.1. The van der Waals surface area contributed by atoms with Gasteiger partial charge in [0, 0.05) is 28.6 Å². The van der Waals surface area contributed by atoms with E-state index >= 15 is 0 Å². The molecule has 3 saturated carbocycles. The molecule has 5 nitrogen and oxygen atoms in total. The molecule has 0 amide bonds. The molecule has 4 aliphatic carbocycles. The van der Waals surface area contributed by atoms with E-state index in [0.717, 1.165) is 38.5 Å². The van der Waals surface area contributed by atoms with E-state index in [-0.39, 0.29) is 63.8 Å². The largest absolute Gasteiger partial charge is 0.394 e. The van der Waals surface area contributed by atoms with Gasteiger partial charge in [-0.15, -0.1) is 0 Å². The molecule has 0 radical (unpaired) electrons. The normalized spacial score (nSPS) is 49.4. The molecule has 5 aliphatic rings. The number of aliphatic hydroxyl groups excluding tert-OH is 1. The first kappa shape index (κ1) is 28.0. The molecule has 1 N–H and O–H groups in total. The van der Waals surface area contributed by atoms with Crippen LogP contribution in [0.5, 0.6) is 0 Å². The molecule has 0 aromatic rings. The molecule has 5 rings (SSSR count). The minimum Gasteiger partial charge on any atom is -0.394 e. The molecule has 4 fully saturated rings. The maximum Gasteiger partial charge on any atom is 0.178 e. The Labute approximate surface area is 229 Å². The van der Waals surface area contributed by atoms with Gasteiger partial charge in [-0.25, -0.2) is 0 Å². The van der Waals surface area contributed by atoms with E-state index in [1.807, 2.05) is 19.9 Å². The maximum absolute atomic E-state index is 14.9. The molecule has 5 heteroatoms. The monoisotopic (exact) mass is 523 g/mol. The number of carbonyl (C=O) groups excluding carboxylic acids is 2. The van der Waals surface area contributed by atoms with Gasteiger partial charge in [-0.05, 0) is 66.6 Å². The Morgan fingerprint density at radius 2 is 1.74 bits per heavy atom. The van der Waals surface area contributed by atoms with E-state index in [4.69, 9.17) is 4.74 Å². The Bertz CT molecular complexity index is 1140. The highest BCUT2D eigenvalue weighted by molar-refractivity contribution is 6.04. The fraction of sp³-hybridized carbons (Fsp3) is 0.848. The highest BCUT2D eigenvalue weighted by atomic mass is 16.5. The Balaban J connectivity index is 1.72. The van der Waals surface area contributed by atoms with E-state index in [9.17, 15) is 20.0 Å². The fourth-order valence-electron chi connectivity index (χ4n) is 11.3. The number of fused-ring (bicyclic) bond motifs is 5. The molecule has 38 heavy (non-hydrogen) atoms. The molecule has 2 bridgehead atoms. The van der Waals surface area contributed by atoms with Gasteiger partial charge in [0.25, 0.3) is 0 Å². The Morgan fingerprint density at radius 3 is 2.29 bits per heavy atom. The number of rotatable bonds is 3. The zero-order valence-corrected chi connectivity index (χ0v) is 25.2. The van der Waals surface area contributed by atoms with Crippen molar-refractivity contribution in [2.75, 3.05) is 6.61 Å². The van der Waals surface area contributed by atoms with E-state index in [0.29, 0.717) is 6.42 Å². The predicted octanol–water partition coefficient (Wildman–Crippen LogP) is 6.44. The highest BCUT2D eigenvalue weighted by Gasteiger charge is 2.81. The molecule has 1 aliphatic heterocycles. The number of carbonyl (C=O) groups is 2. The van der Waals surface area contributed by atoms with E-state index in [1.54, 1.807) is 0 Å². The van der Waals surface area contributed by atoms with Crippen molar-refractivity contribution < 1.29 is 19.4 Å². The smallest absolute Gasteiger partial charge is 0.178 e. The number of ether oxygens (including phenoxy) is 1. The minimum absolute atomic E-state index is 0.0178. The van der Waals surface area contributed by atoms with Crippen LogP contribution in [-0.2, 0) is 14.3 Å². The summed E-state index contributed by atoms with van der Waals surface area (Å²) in [6.07, 6.45) is 7.49. The average Bonchev–Trinajstić information content (AvgIpc) is 3.02. The molecule has 0 aromatic carbocycles. The minimum atomic E-state index is -0.918. The molecule has 1 saturated heterocycles. The molecule has 0 aromatic heterocycles. The lowest BCUT2D eigenvalue weighted by atomic mass is 9.31. The number of Topliss-reactive ketones (excluding diaryl/α,β-unsaturated/α-hetero) is 2.